The molecule has 1 aliphatic rings. The Morgan fingerprint density at radius 3 is 3.00 bits per heavy atom. The molecule has 4 nitrogen and oxygen atoms in total. The lowest BCUT2D eigenvalue weighted by molar-refractivity contribution is 0.0923. The highest BCUT2D eigenvalue weighted by molar-refractivity contribution is 5.97. The number of furan rings is 1. The van der Waals surface area contributed by atoms with Crippen LogP contribution in [0.2, 0.25) is 0 Å². The first-order valence-corrected chi connectivity index (χ1v) is 8.55. The van der Waals surface area contributed by atoms with Crippen LogP contribution in [-0.2, 0) is 0 Å². The van der Waals surface area contributed by atoms with Crippen molar-refractivity contribution in [3.63, 3.8) is 0 Å². The van der Waals surface area contributed by atoms with Crippen molar-refractivity contribution in [3.05, 3.63) is 35.6 Å². The van der Waals surface area contributed by atoms with Crippen LogP contribution in [0.1, 0.15) is 42.8 Å². The van der Waals surface area contributed by atoms with Crippen LogP contribution in [0.5, 0.6) is 0 Å². The van der Waals surface area contributed by atoms with E-state index in [0.29, 0.717) is 17.5 Å². The zero-order valence-corrected chi connectivity index (χ0v) is 14.3. The SMILES string of the molecule is Cc1cc2cc(C(=O)NCC3CCCN(C(C)C)C3)ccc2o1. The van der Waals surface area contributed by atoms with Gasteiger partial charge in [-0.05, 0) is 70.3 Å². The van der Waals surface area contributed by atoms with Crippen molar-refractivity contribution in [2.75, 3.05) is 19.6 Å². The van der Waals surface area contributed by atoms with Gasteiger partial charge in [-0.25, -0.2) is 0 Å². The van der Waals surface area contributed by atoms with Crippen LogP contribution >= 0.6 is 0 Å². The van der Waals surface area contributed by atoms with Gasteiger partial charge >= 0.3 is 0 Å². The molecule has 1 aliphatic heterocycles. The van der Waals surface area contributed by atoms with E-state index in [1.54, 1.807) is 0 Å². The van der Waals surface area contributed by atoms with Crippen LogP contribution in [0.3, 0.4) is 0 Å². The van der Waals surface area contributed by atoms with E-state index in [2.05, 4.69) is 24.1 Å². The first-order valence-electron chi connectivity index (χ1n) is 8.55. The van der Waals surface area contributed by atoms with Gasteiger partial charge in [0.1, 0.15) is 11.3 Å². The number of hydrogen-bond acceptors (Lipinski definition) is 3. The largest absolute Gasteiger partial charge is 0.461 e. The number of carbonyl (C=O) groups excluding carboxylic acids is 1. The van der Waals surface area contributed by atoms with E-state index in [9.17, 15) is 4.79 Å². The normalized spacial score (nSPS) is 19.4. The summed E-state index contributed by atoms with van der Waals surface area (Å²) in [5, 5.41) is 4.09. The lowest BCUT2D eigenvalue weighted by Crippen LogP contribution is -2.43. The van der Waals surface area contributed by atoms with Crippen molar-refractivity contribution in [2.45, 2.75) is 39.7 Å². The topological polar surface area (TPSA) is 45.5 Å². The average molecular weight is 314 g/mol. The lowest BCUT2D eigenvalue weighted by Gasteiger charge is -2.35. The quantitative estimate of drug-likeness (QED) is 0.938. The smallest absolute Gasteiger partial charge is 0.251 e. The summed E-state index contributed by atoms with van der Waals surface area (Å²) in [6, 6.07) is 8.16. The Bertz CT molecular complexity index is 690. The Hall–Kier alpha value is -1.81. The molecule has 1 atom stereocenters. The second-order valence-electron chi connectivity index (χ2n) is 6.92. The second-order valence-corrected chi connectivity index (χ2v) is 6.92. The number of piperidine rings is 1. The molecule has 0 aliphatic carbocycles. The summed E-state index contributed by atoms with van der Waals surface area (Å²) in [4.78, 5) is 14.9. The van der Waals surface area contributed by atoms with Gasteiger partial charge in [0.05, 0.1) is 0 Å². The van der Waals surface area contributed by atoms with Crippen LogP contribution in [0.25, 0.3) is 11.0 Å². The third kappa shape index (κ3) is 3.75. The molecule has 2 aromatic rings. The van der Waals surface area contributed by atoms with Gasteiger partial charge in [0.15, 0.2) is 0 Å². The van der Waals surface area contributed by atoms with Crippen molar-refractivity contribution >= 4 is 16.9 Å². The predicted molar refractivity (Wildman–Crippen MR) is 92.7 cm³/mol. The van der Waals surface area contributed by atoms with E-state index in [-0.39, 0.29) is 5.91 Å². The summed E-state index contributed by atoms with van der Waals surface area (Å²) in [6.45, 7) is 9.41. The molecule has 2 heterocycles. The molecular formula is C19H26N2O2. The molecule has 0 spiro atoms. The van der Waals surface area contributed by atoms with Crippen molar-refractivity contribution in [2.24, 2.45) is 5.92 Å². The van der Waals surface area contributed by atoms with Gasteiger partial charge in [-0.15, -0.1) is 0 Å². The van der Waals surface area contributed by atoms with Gasteiger partial charge in [0.2, 0.25) is 0 Å². The molecule has 1 amide bonds. The van der Waals surface area contributed by atoms with E-state index in [1.807, 2.05) is 31.2 Å². The molecule has 3 rings (SSSR count). The molecular weight excluding hydrogens is 288 g/mol. The number of nitrogens with zero attached hydrogens (tertiary/aromatic N) is 1. The van der Waals surface area contributed by atoms with Gasteiger partial charge in [-0.1, -0.05) is 0 Å². The van der Waals surface area contributed by atoms with Crippen molar-refractivity contribution in [1.29, 1.82) is 0 Å². The fourth-order valence-corrected chi connectivity index (χ4v) is 3.39. The molecule has 124 valence electrons. The molecule has 1 fully saturated rings. The number of carbonyl (C=O) groups is 1. The first kappa shape index (κ1) is 16.1. The predicted octanol–water partition coefficient (Wildman–Crippen LogP) is 3.59. The monoisotopic (exact) mass is 314 g/mol. The summed E-state index contributed by atoms with van der Waals surface area (Å²) in [7, 11) is 0. The molecule has 0 bridgehead atoms. The van der Waals surface area contributed by atoms with Crippen LogP contribution in [0, 0.1) is 12.8 Å². The number of nitrogens with one attached hydrogen (secondary N) is 1. The van der Waals surface area contributed by atoms with Crippen molar-refractivity contribution < 1.29 is 9.21 Å². The van der Waals surface area contributed by atoms with Crippen LogP contribution < -0.4 is 5.32 Å². The molecule has 0 radical (unpaired) electrons. The summed E-state index contributed by atoms with van der Waals surface area (Å²) >= 11 is 0. The number of rotatable bonds is 4. The molecule has 1 unspecified atom stereocenters. The fraction of sp³-hybridized carbons (Fsp3) is 0.526. The first-order chi connectivity index (χ1) is 11.0. The number of hydrogen-bond donors (Lipinski definition) is 1. The molecule has 4 heteroatoms. The number of likely N-dealkylation sites (tertiary alicyclic amines) is 1. The molecule has 1 N–H and O–H groups in total. The minimum atomic E-state index is 0.00687. The summed E-state index contributed by atoms with van der Waals surface area (Å²) in [6.07, 6.45) is 2.42. The standard InChI is InChI=1S/C19H26N2O2/c1-13(2)21-8-4-5-15(12-21)11-20-19(22)16-6-7-18-17(10-16)9-14(3)23-18/h6-7,9-10,13,15H,4-5,8,11-12H2,1-3H3,(H,20,22). The Morgan fingerprint density at radius 2 is 2.22 bits per heavy atom. The number of fused-ring (bicyclic) bond motifs is 1. The number of amides is 1. The van der Waals surface area contributed by atoms with E-state index in [1.165, 1.54) is 19.4 Å². The Morgan fingerprint density at radius 1 is 1.39 bits per heavy atom. The lowest BCUT2D eigenvalue weighted by atomic mass is 9.97. The maximum absolute atomic E-state index is 12.4. The highest BCUT2D eigenvalue weighted by Gasteiger charge is 2.22. The van der Waals surface area contributed by atoms with Gasteiger partial charge in [0, 0.05) is 30.1 Å². The fourth-order valence-electron chi connectivity index (χ4n) is 3.39. The van der Waals surface area contributed by atoms with Crippen molar-refractivity contribution in [3.8, 4) is 0 Å². The van der Waals surface area contributed by atoms with Gasteiger partial charge in [0.25, 0.3) is 5.91 Å². The summed E-state index contributed by atoms with van der Waals surface area (Å²) in [5.74, 6) is 1.43. The molecule has 1 aromatic heterocycles. The van der Waals surface area contributed by atoms with Crippen LogP contribution in [0.15, 0.2) is 28.7 Å². The number of aryl methyl sites for hydroxylation is 1. The maximum Gasteiger partial charge on any atom is 0.251 e. The molecule has 23 heavy (non-hydrogen) atoms. The highest BCUT2D eigenvalue weighted by atomic mass is 16.3. The minimum Gasteiger partial charge on any atom is -0.461 e. The average Bonchev–Trinajstić information content (AvgIpc) is 2.91. The zero-order valence-electron chi connectivity index (χ0n) is 14.3. The Kier molecular flexibility index (Phi) is 4.71. The van der Waals surface area contributed by atoms with Crippen LogP contribution in [-0.4, -0.2) is 36.5 Å². The maximum atomic E-state index is 12.4. The van der Waals surface area contributed by atoms with Crippen LogP contribution in [0.4, 0.5) is 0 Å². The summed E-state index contributed by atoms with van der Waals surface area (Å²) < 4.78 is 5.55. The van der Waals surface area contributed by atoms with Gasteiger partial charge in [-0.2, -0.15) is 0 Å². The van der Waals surface area contributed by atoms with Gasteiger partial charge < -0.3 is 14.6 Å². The minimum absolute atomic E-state index is 0.00687. The molecule has 1 saturated heterocycles. The van der Waals surface area contributed by atoms with E-state index in [0.717, 1.165) is 29.8 Å². The third-order valence-electron chi connectivity index (χ3n) is 4.73. The Labute approximate surface area is 137 Å². The third-order valence-corrected chi connectivity index (χ3v) is 4.73. The second kappa shape index (κ2) is 6.75. The van der Waals surface area contributed by atoms with Gasteiger partial charge in [-0.3, -0.25) is 4.79 Å². The zero-order chi connectivity index (χ0) is 16.4. The van der Waals surface area contributed by atoms with Crippen molar-refractivity contribution in [1.82, 2.24) is 10.2 Å². The number of benzene rings is 1. The van der Waals surface area contributed by atoms with E-state index in [4.69, 9.17) is 4.42 Å². The van der Waals surface area contributed by atoms with E-state index < -0.39 is 0 Å². The van der Waals surface area contributed by atoms with E-state index >= 15 is 0 Å². The molecule has 0 saturated carbocycles. The molecule has 1 aromatic carbocycles. The Balaban J connectivity index is 1.59. The highest BCUT2D eigenvalue weighted by Crippen LogP contribution is 2.21. The summed E-state index contributed by atoms with van der Waals surface area (Å²) in [5.41, 5.74) is 1.54.